The van der Waals surface area contributed by atoms with Gasteiger partial charge >= 0.3 is 0 Å². The number of rotatable bonds is 8. The first kappa shape index (κ1) is 14.7. The minimum Gasteiger partial charge on any atom is -0.475 e. The third kappa shape index (κ3) is 5.82. The molecule has 0 amide bonds. The molecule has 0 saturated carbocycles. The summed E-state index contributed by atoms with van der Waals surface area (Å²) in [5, 5.41) is 3.18. The summed E-state index contributed by atoms with van der Waals surface area (Å²) < 4.78 is 10.8. The molecule has 1 rings (SSSR count). The van der Waals surface area contributed by atoms with Gasteiger partial charge in [-0.2, -0.15) is 4.98 Å². The van der Waals surface area contributed by atoms with Crippen molar-refractivity contribution in [2.75, 3.05) is 25.1 Å². The molecule has 1 aromatic heterocycles. The smallest absolute Gasteiger partial charge is 0.226 e. The van der Waals surface area contributed by atoms with Crippen LogP contribution in [0.2, 0.25) is 0 Å². The maximum absolute atomic E-state index is 5.56. The van der Waals surface area contributed by atoms with Crippen LogP contribution in [0.1, 0.15) is 32.9 Å². The predicted octanol–water partition coefficient (Wildman–Crippen LogP) is 2.41. The van der Waals surface area contributed by atoms with E-state index < -0.39 is 0 Å². The largest absolute Gasteiger partial charge is 0.475 e. The summed E-state index contributed by atoms with van der Waals surface area (Å²) in [5.41, 5.74) is 0.896. The number of aromatic nitrogens is 2. The zero-order chi connectivity index (χ0) is 13.4. The molecule has 1 aromatic rings. The summed E-state index contributed by atoms with van der Waals surface area (Å²) in [7, 11) is 0. The van der Waals surface area contributed by atoms with E-state index in [0.29, 0.717) is 11.8 Å². The monoisotopic (exact) mass is 253 g/mol. The molecule has 102 valence electrons. The van der Waals surface area contributed by atoms with Gasteiger partial charge in [0.15, 0.2) is 0 Å². The minimum absolute atomic E-state index is 0.116. The summed E-state index contributed by atoms with van der Waals surface area (Å²) in [6.45, 7) is 10.2. The Hall–Kier alpha value is -1.36. The minimum atomic E-state index is 0.116. The van der Waals surface area contributed by atoms with Crippen LogP contribution in [0.4, 0.5) is 5.95 Å². The molecule has 5 nitrogen and oxygen atoms in total. The summed E-state index contributed by atoms with van der Waals surface area (Å²) in [6, 6.07) is 1.84. The van der Waals surface area contributed by atoms with Crippen LogP contribution in [0.25, 0.3) is 0 Å². The van der Waals surface area contributed by atoms with Crippen molar-refractivity contribution in [3.8, 4) is 5.88 Å². The predicted molar refractivity (Wildman–Crippen MR) is 72.1 cm³/mol. The van der Waals surface area contributed by atoms with Crippen molar-refractivity contribution < 1.29 is 9.47 Å². The SMILES string of the molecule is CCOCCCNc1nc(C)cc(OC(C)C)n1. The second kappa shape index (κ2) is 7.87. The highest BCUT2D eigenvalue weighted by Crippen LogP contribution is 2.13. The van der Waals surface area contributed by atoms with Crippen molar-refractivity contribution in [3.05, 3.63) is 11.8 Å². The zero-order valence-corrected chi connectivity index (χ0v) is 11.7. The Labute approximate surface area is 109 Å². The van der Waals surface area contributed by atoms with E-state index in [9.17, 15) is 0 Å². The Balaban J connectivity index is 2.46. The first-order chi connectivity index (χ1) is 8.61. The normalized spacial score (nSPS) is 10.7. The lowest BCUT2D eigenvalue weighted by atomic mass is 10.4. The van der Waals surface area contributed by atoms with Gasteiger partial charge in [-0.1, -0.05) is 0 Å². The molecule has 0 aromatic carbocycles. The van der Waals surface area contributed by atoms with Crippen molar-refractivity contribution in [1.82, 2.24) is 9.97 Å². The van der Waals surface area contributed by atoms with E-state index in [1.807, 2.05) is 33.8 Å². The van der Waals surface area contributed by atoms with Gasteiger partial charge in [0, 0.05) is 31.5 Å². The van der Waals surface area contributed by atoms with Crippen molar-refractivity contribution in [2.24, 2.45) is 0 Å². The molecule has 0 radical (unpaired) electrons. The quantitative estimate of drug-likeness (QED) is 0.721. The Morgan fingerprint density at radius 1 is 1.33 bits per heavy atom. The van der Waals surface area contributed by atoms with E-state index in [0.717, 1.165) is 31.9 Å². The summed E-state index contributed by atoms with van der Waals surface area (Å²) in [4.78, 5) is 8.62. The van der Waals surface area contributed by atoms with E-state index in [1.165, 1.54) is 0 Å². The number of nitrogens with one attached hydrogen (secondary N) is 1. The average Bonchev–Trinajstić information content (AvgIpc) is 2.27. The second-order valence-electron chi connectivity index (χ2n) is 4.32. The van der Waals surface area contributed by atoms with Crippen molar-refractivity contribution in [1.29, 1.82) is 0 Å². The first-order valence-corrected chi connectivity index (χ1v) is 6.45. The molecule has 0 aliphatic carbocycles. The van der Waals surface area contributed by atoms with E-state index >= 15 is 0 Å². The molecule has 0 aliphatic heterocycles. The van der Waals surface area contributed by atoms with Crippen LogP contribution in [-0.2, 0) is 4.74 Å². The van der Waals surface area contributed by atoms with Crippen molar-refractivity contribution in [2.45, 2.75) is 40.2 Å². The fourth-order valence-electron chi connectivity index (χ4n) is 1.44. The maximum Gasteiger partial charge on any atom is 0.226 e. The number of anilines is 1. The molecule has 1 N–H and O–H groups in total. The third-order valence-corrected chi connectivity index (χ3v) is 2.14. The summed E-state index contributed by atoms with van der Waals surface area (Å²) in [6.07, 6.45) is 1.05. The Morgan fingerprint density at radius 3 is 2.78 bits per heavy atom. The lowest BCUT2D eigenvalue weighted by Gasteiger charge is -2.11. The van der Waals surface area contributed by atoms with Gasteiger partial charge in [-0.15, -0.1) is 0 Å². The van der Waals surface area contributed by atoms with Gasteiger partial charge in [-0.3, -0.25) is 0 Å². The van der Waals surface area contributed by atoms with Gasteiger partial charge in [0.1, 0.15) is 0 Å². The average molecular weight is 253 g/mol. The number of nitrogens with zero attached hydrogens (tertiary/aromatic N) is 2. The third-order valence-electron chi connectivity index (χ3n) is 2.14. The van der Waals surface area contributed by atoms with Crippen LogP contribution in [-0.4, -0.2) is 35.8 Å². The lowest BCUT2D eigenvalue weighted by Crippen LogP contribution is -2.11. The Morgan fingerprint density at radius 2 is 2.11 bits per heavy atom. The van der Waals surface area contributed by atoms with E-state index in [2.05, 4.69) is 15.3 Å². The van der Waals surface area contributed by atoms with Gasteiger partial charge < -0.3 is 14.8 Å². The molecular weight excluding hydrogens is 230 g/mol. The van der Waals surface area contributed by atoms with Gasteiger partial charge in [0.25, 0.3) is 0 Å². The maximum atomic E-state index is 5.56. The molecule has 0 fully saturated rings. The highest BCUT2D eigenvalue weighted by molar-refractivity contribution is 5.30. The van der Waals surface area contributed by atoms with E-state index in [4.69, 9.17) is 9.47 Å². The van der Waals surface area contributed by atoms with Gasteiger partial charge in [-0.25, -0.2) is 4.98 Å². The topological polar surface area (TPSA) is 56.3 Å². The molecule has 0 saturated heterocycles. The van der Waals surface area contributed by atoms with Gasteiger partial charge in [0.2, 0.25) is 11.8 Å². The molecule has 0 bridgehead atoms. The number of ether oxygens (including phenoxy) is 2. The van der Waals surface area contributed by atoms with E-state index in [1.54, 1.807) is 0 Å². The number of hydrogen-bond acceptors (Lipinski definition) is 5. The zero-order valence-electron chi connectivity index (χ0n) is 11.7. The highest BCUT2D eigenvalue weighted by Gasteiger charge is 2.04. The number of aryl methyl sites for hydroxylation is 1. The van der Waals surface area contributed by atoms with Crippen molar-refractivity contribution >= 4 is 5.95 Å². The summed E-state index contributed by atoms with van der Waals surface area (Å²) in [5.74, 6) is 1.23. The highest BCUT2D eigenvalue weighted by atomic mass is 16.5. The van der Waals surface area contributed by atoms with Crippen molar-refractivity contribution in [3.63, 3.8) is 0 Å². The fourth-order valence-corrected chi connectivity index (χ4v) is 1.44. The fraction of sp³-hybridized carbons (Fsp3) is 0.692. The molecule has 1 heterocycles. The van der Waals surface area contributed by atoms with E-state index in [-0.39, 0.29) is 6.10 Å². The molecular formula is C13H23N3O2. The van der Waals surface area contributed by atoms with Gasteiger partial charge in [0.05, 0.1) is 6.10 Å². The molecule has 0 unspecified atom stereocenters. The second-order valence-corrected chi connectivity index (χ2v) is 4.32. The van der Waals surface area contributed by atoms with Crippen LogP contribution in [0.5, 0.6) is 5.88 Å². The molecule has 0 spiro atoms. The van der Waals surface area contributed by atoms with Crippen LogP contribution in [0.15, 0.2) is 6.07 Å². The number of hydrogen-bond donors (Lipinski definition) is 1. The van der Waals surface area contributed by atoms with Crippen LogP contribution < -0.4 is 10.1 Å². The molecule has 18 heavy (non-hydrogen) atoms. The Bertz CT molecular complexity index is 356. The molecule has 0 atom stereocenters. The lowest BCUT2D eigenvalue weighted by molar-refractivity contribution is 0.147. The van der Waals surface area contributed by atoms with Gasteiger partial charge in [-0.05, 0) is 34.1 Å². The van der Waals surface area contributed by atoms with Crippen LogP contribution in [0, 0.1) is 6.92 Å². The first-order valence-electron chi connectivity index (χ1n) is 6.45. The standard InChI is InChI=1S/C13H23N3O2/c1-5-17-8-6-7-14-13-15-11(4)9-12(16-13)18-10(2)3/h9-10H,5-8H2,1-4H3,(H,14,15,16). The van der Waals surface area contributed by atoms with Crippen LogP contribution >= 0.6 is 0 Å². The van der Waals surface area contributed by atoms with Crippen LogP contribution in [0.3, 0.4) is 0 Å². The Kier molecular flexibility index (Phi) is 6.43. The molecule has 0 aliphatic rings. The summed E-state index contributed by atoms with van der Waals surface area (Å²) >= 11 is 0. The molecule has 5 heteroatoms.